The molecule has 2 heterocycles. The normalized spacial score (nSPS) is 14.3. The molecule has 0 spiro atoms. The molecule has 12 heteroatoms. The van der Waals surface area contributed by atoms with E-state index in [0.29, 0.717) is 47.0 Å². The summed E-state index contributed by atoms with van der Waals surface area (Å²) in [6, 6.07) is 13.3. The second-order valence-electron chi connectivity index (χ2n) is 9.46. The predicted octanol–water partition coefficient (Wildman–Crippen LogP) is 3.13. The summed E-state index contributed by atoms with van der Waals surface area (Å²) in [6.45, 7) is 0.622. The van der Waals surface area contributed by atoms with Crippen molar-refractivity contribution in [2.45, 2.75) is 36.9 Å². The lowest BCUT2D eigenvalue weighted by Gasteiger charge is -2.11. The maximum atomic E-state index is 12.8. The molecule has 39 heavy (non-hydrogen) atoms. The first kappa shape index (κ1) is 26.6. The number of primary amides is 1. The Hall–Kier alpha value is -4.00. The molecule has 1 saturated carbocycles. The van der Waals surface area contributed by atoms with Crippen molar-refractivity contribution in [1.82, 2.24) is 15.3 Å². The summed E-state index contributed by atoms with van der Waals surface area (Å²) in [5.74, 6) is 0.134. The summed E-state index contributed by atoms with van der Waals surface area (Å²) in [7, 11) is -3.58. The molecule has 1 atom stereocenters. The van der Waals surface area contributed by atoms with Crippen LogP contribution in [0.5, 0.6) is 5.88 Å². The number of aliphatic hydroxyl groups is 1. The number of fused-ring (bicyclic) bond motifs is 1. The van der Waals surface area contributed by atoms with Crippen LogP contribution < -0.4 is 21.1 Å². The van der Waals surface area contributed by atoms with Crippen molar-refractivity contribution in [2.24, 2.45) is 11.7 Å². The average molecular weight is 552 g/mol. The molecule has 1 fully saturated rings. The van der Waals surface area contributed by atoms with E-state index in [9.17, 15) is 18.3 Å². The largest absolute Gasteiger partial charge is 0.473 e. The number of furan rings is 1. The van der Waals surface area contributed by atoms with E-state index < -0.39 is 15.7 Å². The zero-order valence-corrected chi connectivity index (χ0v) is 21.9. The van der Waals surface area contributed by atoms with Gasteiger partial charge in [0.15, 0.2) is 9.84 Å². The second kappa shape index (κ2) is 11.4. The van der Waals surface area contributed by atoms with Crippen molar-refractivity contribution in [1.29, 1.82) is 0 Å². The molecule has 5 rings (SSSR count). The van der Waals surface area contributed by atoms with Crippen LogP contribution in [-0.2, 0) is 16.4 Å². The number of nitrogens with one attached hydrogen (secondary N) is 2. The quantitative estimate of drug-likeness (QED) is 0.181. The number of nitrogens with zero attached hydrogens (tertiary/aromatic N) is 2. The molecular formula is C27H29N5O6S. The van der Waals surface area contributed by atoms with Crippen molar-refractivity contribution >= 4 is 38.3 Å². The molecule has 204 valence electrons. The molecule has 0 bridgehead atoms. The van der Waals surface area contributed by atoms with E-state index in [-0.39, 0.29) is 29.4 Å². The lowest BCUT2D eigenvalue weighted by molar-refractivity contribution is 0.100. The van der Waals surface area contributed by atoms with Gasteiger partial charge in [-0.1, -0.05) is 12.1 Å². The van der Waals surface area contributed by atoms with Crippen LogP contribution in [0.3, 0.4) is 0 Å². The summed E-state index contributed by atoms with van der Waals surface area (Å²) in [6.07, 6.45) is 5.10. The van der Waals surface area contributed by atoms with Gasteiger partial charge < -0.3 is 30.6 Å². The predicted molar refractivity (Wildman–Crippen MR) is 144 cm³/mol. The van der Waals surface area contributed by atoms with Crippen LogP contribution in [0.15, 0.2) is 70.3 Å². The Morgan fingerprint density at radius 3 is 2.85 bits per heavy atom. The number of ether oxygens (including phenoxy) is 1. The van der Waals surface area contributed by atoms with Crippen LogP contribution >= 0.6 is 0 Å². The molecule has 0 aliphatic heterocycles. The first-order valence-corrected chi connectivity index (χ1v) is 14.2. The average Bonchev–Trinajstić information content (AvgIpc) is 3.69. The number of nitrogens with two attached hydrogens (primary N) is 1. The smallest absolute Gasteiger partial charge is 0.252 e. The van der Waals surface area contributed by atoms with Gasteiger partial charge in [-0.05, 0) is 67.6 Å². The summed E-state index contributed by atoms with van der Waals surface area (Å²) in [4.78, 5) is 20.2. The highest BCUT2D eigenvalue weighted by Crippen LogP contribution is 2.33. The van der Waals surface area contributed by atoms with Crippen LogP contribution in [0.2, 0.25) is 0 Å². The number of carbonyl (C=O) groups is 1. The van der Waals surface area contributed by atoms with Crippen molar-refractivity contribution in [3.63, 3.8) is 0 Å². The Kier molecular flexibility index (Phi) is 7.77. The highest BCUT2D eigenvalue weighted by Gasteiger charge is 2.29. The number of aromatic nitrogens is 2. The van der Waals surface area contributed by atoms with Crippen molar-refractivity contribution in [2.75, 3.05) is 17.7 Å². The molecule has 1 unspecified atom stereocenters. The minimum absolute atomic E-state index is 0.156. The maximum absolute atomic E-state index is 12.8. The second-order valence-corrected chi connectivity index (χ2v) is 11.4. The molecule has 5 N–H and O–H groups in total. The van der Waals surface area contributed by atoms with E-state index in [4.69, 9.17) is 14.9 Å². The number of anilines is 2. The van der Waals surface area contributed by atoms with E-state index in [1.807, 2.05) is 0 Å². The van der Waals surface area contributed by atoms with Gasteiger partial charge in [-0.25, -0.2) is 13.4 Å². The number of aliphatic hydroxyl groups excluding tert-OH is 1. The summed E-state index contributed by atoms with van der Waals surface area (Å²) < 4.78 is 36.8. The van der Waals surface area contributed by atoms with E-state index >= 15 is 0 Å². The molecule has 1 amide bonds. The first-order valence-electron chi connectivity index (χ1n) is 12.5. The Bertz CT molecular complexity index is 1580. The molecular weight excluding hydrogens is 522 g/mol. The third kappa shape index (κ3) is 6.72. The van der Waals surface area contributed by atoms with E-state index in [2.05, 4.69) is 20.6 Å². The Morgan fingerprint density at radius 1 is 1.21 bits per heavy atom. The van der Waals surface area contributed by atoms with Gasteiger partial charge in [-0.2, -0.15) is 4.98 Å². The van der Waals surface area contributed by atoms with E-state index in [1.54, 1.807) is 36.4 Å². The molecule has 0 radical (unpaired) electrons. The van der Waals surface area contributed by atoms with Gasteiger partial charge in [-0.15, -0.1) is 0 Å². The Morgan fingerprint density at radius 2 is 2.05 bits per heavy atom. The van der Waals surface area contributed by atoms with Crippen LogP contribution in [0, 0.1) is 5.92 Å². The van der Waals surface area contributed by atoms with E-state index in [1.165, 1.54) is 24.6 Å². The topological polar surface area (TPSA) is 170 Å². The van der Waals surface area contributed by atoms with Crippen molar-refractivity contribution in [3.05, 3.63) is 72.1 Å². The fraction of sp³-hybridized carbons (Fsp3) is 0.296. The van der Waals surface area contributed by atoms with Gasteiger partial charge in [0.25, 0.3) is 5.91 Å². The lowest BCUT2D eigenvalue weighted by Crippen LogP contribution is -2.27. The number of hydrogen-bond donors (Lipinski definition) is 4. The third-order valence-electron chi connectivity index (χ3n) is 6.45. The summed E-state index contributed by atoms with van der Waals surface area (Å²) in [5.41, 5.74) is 7.51. The van der Waals surface area contributed by atoms with Crippen LogP contribution in [0.25, 0.3) is 11.0 Å². The summed E-state index contributed by atoms with van der Waals surface area (Å²) >= 11 is 0. The summed E-state index contributed by atoms with van der Waals surface area (Å²) in [5, 5.41) is 16.5. The molecule has 1 aliphatic rings. The molecule has 0 saturated heterocycles. The van der Waals surface area contributed by atoms with Gasteiger partial charge in [0.05, 0.1) is 16.6 Å². The SMILES string of the molecule is NC(=O)c1coc2cc(COc3ccnc(Nc4cccc(S(=O)(=O)CNCCC(O)C5CC5)c4)n3)ccc12. The fourth-order valence-electron chi connectivity index (χ4n) is 4.15. The first-order chi connectivity index (χ1) is 18.8. The highest BCUT2D eigenvalue weighted by molar-refractivity contribution is 7.91. The molecule has 4 aromatic rings. The number of rotatable bonds is 13. The molecule has 1 aliphatic carbocycles. The van der Waals surface area contributed by atoms with Gasteiger partial charge >= 0.3 is 0 Å². The number of amides is 1. The molecule has 11 nitrogen and oxygen atoms in total. The minimum Gasteiger partial charge on any atom is -0.473 e. The zero-order chi connectivity index (χ0) is 27.4. The Balaban J connectivity index is 1.18. The zero-order valence-electron chi connectivity index (χ0n) is 21.0. The standard InChI is InChI=1S/C27H29N5O6S/c28-26(34)22-15-37-24-12-17(4-7-21(22)24)14-38-25-9-11-30-27(32-25)31-19-2-1-3-20(13-19)39(35,36)16-29-10-8-23(33)18-5-6-18/h1-4,7,9,11-13,15,18,23,29,33H,5-6,8,10,14,16H2,(H2,28,34)(H,30,31,32). The fourth-order valence-corrected chi connectivity index (χ4v) is 5.32. The van der Waals surface area contributed by atoms with Crippen LogP contribution in [0.1, 0.15) is 35.2 Å². The van der Waals surface area contributed by atoms with Gasteiger partial charge in [-0.3, -0.25) is 4.79 Å². The van der Waals surface area contributed by atoms with Gasteiger partial charge in [0, 0.05) is 23.3 Å². The van der Waals surface area contributed by atoms with Crippen molar-refractivity contribution in [3.8, 4) is 5.88 Å². The maximum Gasteiger partial charge on any atom is 0.252 e. The third-order valence-corrected chi connectivity index (χ3v) is 8.00. The number of carbonyl (C=O) groups excluding carboxylic acids is 1. The van der Waals surface area contributed by atoms with Gasteiger partial charge in [0.1, 0.15) is 24.3 Å². The van der Waals surface area contributed by atoms with Crippen LogP contribution in [-0.4, -0.2) is 47.9 Å². The number of benzene rings is 2. The van der Waals surface area contributed by atoms with Crippen LogP contribution in [0.4, 0.5) is 11.6 Å². The van der Waals surface area contributed by atoms with E-state index in [0.717, 1.165) is 18.4 Å². The molecule has 2 aromatic heterocycles. The monoisotopic (exact) mass is 551 g/mol. The van der Waals surface area contributed by atoms with Crippen molar-refractivity contribution < 1.29 is 27.5 Å². The molecule has 2 aromatic carbocycles. The number of sulfone groups is 1. The lowest BCUT2D eigenvalue weighted by atomic mass is 10.1. The number of hydrogen-bond acceptors (Lipinski definition) is 10. The highest BCUT2D eigenvalue weighted by atomic mass is 32.2. The van der Waals surface area contributed by atoms with Gasteiger partial charge in [0.2, 0.25) is 11.8 Å². The minimum atomic E-state index is -3.58. The Labute approximate surface area is 225 Å².